The highest BCUT2D eigenvalue weighted by molar-refractivity contribution is 6.39. The van der Waals surface area contributed by atoms with Crippen molar-refractivity contribution in [2.45, 2.75) is 47.1 Å². The van der Waals surface area contributed by atoms with Gasteiger partial charge < -0.3 is 15.1 Å². The molecule has 0 fully saturated rings. The molecule has 0 bridgehead atoms. The van der Waals surface area contributed by atoms with Gasteiger partial charge in [-0.3, -0.25) is 14.6 Å². The van der Waals surface area contributed by atoms with Crippen LogP contribution in [-0.2, 0) is 16.0 Å². The molecule has 2 aromatic heterocycles. The molecule has 6 nitrogen and oxygen atoms in total. The zero-order chi connectivity index (χ0) is 18.6. The number of nitrogens with one attached hydrogen (secondary N) is 2. The van der Waals surface area contributed by atoms with Crippen molar-refractivity contribution < 1.29 is 14.0 Å². The molecule has 2 N–H and O–H groups in total. The molecule has 2 amide bonds. The van der Waals surface area contributed by atoms with Gasteiger partial charge in [0.25, 0.3) is 0 Å². The van der Waals surface area contributed by atoms with E-state index in [9.17, 15) is 9.59 Å². The Morgan fingerprint density at radius 3 is 2.48 bits per heavy atom. The minimum absolute atomic E-state index is 0.316. The maximum Gasteiger partial charge on any atom is 0.313 e. The Morgan fingerprint density at radius 1 is 1.20 bits per heavy atom. The smallest absolute Gasteiger partial charge is 0.313 e. The van der Waals surface area contributed by atoms with Crippen molar-refractivity contribution in [2.24, 2.45) is 5.41 Å². The molecule has 134 valence electrons. The van der Waals surface area contributed by atoms with Gasteiger partial charge in [-0.05, 0) is 36.6 Å². The van der Waals surface area contributed by atoms with Crippen molar-refractivity contribution in [2.75, 3.05) is 5.32 Å². The fourth-order valence-corrected chi connectivity index (χ4v) is 2.45. The van der Waals surface area contributed by atoms with E-state index in [2.05, 4.69) is 15.6 Å². The van der Waals surface area contributed by atoms with E-state index < -0.39 is 17.9 Å². The van der Waals surface area contributed by atoms with Crippen LogP contribution in [0.1, 0.15) is 51.0 Å². The first-order chi connectivity index (χ1) is 11.7. The van der Waals surface area contributed by atoms with E-state index >= 15 is 0 Å². The summed E-state index contributed by atoms with van der Waals surface area (Å²) in [6, 6.07) is 6.72. The van der Waals surface area contributed by atoms with Crippen LogP contribution in [0.4, 0.5) is 5.69 Å². The first kappa shape index (κ1) is 18.7. The van der Waals surface area contributed by atoms with Gasteiger partial charge in [0.05, 0.1) is 17.4 Å². The third kappa shape index (κ3) is 4.68. The van der Waals surface area contributed by atoms with Crippen LogP contribution in [0.25, 0.3) is 0 Å². The number of anilines is 1. The number of rotatable bonds is 4. The third-order valence-corrected chi connectivity index (χ3v) is 3.92. The largest absolute Gasteiger partial charge is 0.464 e. The van der Waals surface area contributed by atoms with Crippen LogP contribution in [-0.4, -0.2) is 16.8 Å². The summed E-state index contributed by atoms with van der Waals surface area (Å²) in [5, 5.41) is 5.38. The van der Waals surface area contributed by atoms with Crippen LogP contribution < -0.4 is 10.6 Å². The minimum atomic E-state index is -0.729. The molecule has 0 saturated carbocycles. The van der Waals surface area contributed by atoms with Gasteiger partial charge in [0, 0.05) is 12.6 Å². The standard InChI is InChI=1S/C19H25N3O3/c1-6-13-9-10-15(25-13)16(19(3,4)5)22-18(24)17(23)21-14-8-7-11-20-12(14)2/h7-11,16H,6H2,1-5H3,(H,21,23)(H,22,24)/t16-/m0/s1. The number of hydrogen-bond donors (Lipinski definition) is 2. The normalized spacial score (nSPS) is 12.5. The van der Waals surface area contributed by atoms with Gasteiger partial charge in [-0.25, -0.2) is 0 Å². The van der Waals surface area contributed by atoms with E-state index in [-0.39, 0.29) is 5.41 Å². The summed E-state index contributed by atoms with van der Waals surface area (Å²) < 4.78 is 5.78. The summed E-state index contributed by atoms with van der Waals surface area (Å²) in [6.45, 7) is 9.71. The second-order valence-corrected chi connectivity index (χ2v) is 7.02. The van der Waals surface area contributed by atoms with E-state index in [1.807, 2.05) is 39.8 Å². The van der Waals surface area contributed by atoms with Crippen LogP contribution in [0, 0.1) is 12.3 Å². The molecular weight excluding hydrogens is 318 g/mol. The van der Waals surface area contributed by atoms with E-state index in [0.717, 1.165) is 12.2 Å². The molecule has 25 heavy (non-hydrogen) atoms. The molecule has 1 atom stereocenters. The Hall–Kier alpha value is -2.63. The highest BCUT2D eigenvalue weighted by atomic mass is 16.3. The Balaban J connectivity index is 2.14. The first-order valence-corrected chi connectivity index (χ1v) is 8.34. The third-order valence-electron chi connectivity index (χ3n) is 3.92. The Morgan fingerprint density at radius 2 is 1.92 bits per heavy atom. The van der Waals surface area contributed by atoms with Gasteiger partial charge in [0.1, 0.15) is 11.5 Å². The lowest BCUT2D eigenvalue weighted by Crippen LogP contribution is -2.42. The highest BCUT2D eigenvalue weighted by Gasteiger charge is 2.32. The molecule has 0 aliphatic carbocycles. The lowest BCUT2D eigenvalue weighted by atomic mass is 9.85. The van der Waals surface area contributed by atoms with Crippen molar-refractivity contribution in [1.29, 1.82) is 0 Å². The molecule has 0 spiro atoms. The molecule has 0 radical (unpaired) electrons. The van der Waals surface area contributed by atoms with Crippen molar-refractivity contribution in [3.05, 3.63) is 47.7 Å². The van der Waals surface area contributed by atoms with Crippen LogP contribution in [0.3, 0.4) is 0 Å². The zero-order valence-corrected chi connectivity index (χ0v) is 15.3. The number of nitrogens with zero attached hydrogens (tertiary/aromatic N) is 1. The number of amides is 2. The summed E-state index contributed by atoms with van der Waals surface area (Å²) in [5.41, 5.74) is 0.846. The van der Waals surface area contributed by atoms with Crippen LogP contribution >= 0.6 is 0 Å². The lowest BCUT2D eigenvalue weighted by molar-refractivity contribution is -0.137. The minimum Gasteiger partial charge on any atom is -0.464 e. The van der Waals surface area contributed by atoms with Crippen LogP contribution in [0.2, 0.25) is 0 Å². The summed E-state index contributed by atoms with van der Waals surface area (Å²) in [5.74, 6) is 0.0437. The maximum atomic E-state index is 12.4. The summed E-state index contributed by atoms with van der Waals surface area (Å²) in [6.07, 6.45) is 2.40. The second kappa shape index (κ2) is 7.51. The maximum absolute atomic E-state index is 12.4. The van der Waals surface area contributed by atoms with Gasteiger partial charge in [-0.15, -0.1) is 0 Å². The Kier molecular flexibility index (Phi) is 5.62. The number of aromatic nitrogens is 1. The fraction of sp³-hybridized carbons (Fsp3) is 0.421. The van der Waals surface area contributed by atoms with Gasteiger partial charge in [0.2, 0.25) is 0 Å². The Labute approximate surface area is 148 Å². The average Bonchev–Trinajstić information content (AvgIpc) is 3.01. The van der Waals surface area contributed by atoms with E-state index in [4.69, 9.17) is 4.42 Å². The molecule has 0 aliphatic heterocycles. The summed E-state index contributed by atoms with van der Waals surface area (Å²) in [7, 11) is 0. The van der Waals surface area contributed by atoms with E-state index in [1.54, 1.807) is 25.3 Å². The molecule has 0 saturated heterocycles. The molecular formula is C19H25N3O3. The van der Waals surface area contributed by atoms with Gasteiger partial charge >= 0.3 is 11.8 Å². The van der Waals surface area contributed by atoms with E-state index in [1.165, 1.54) is 0 Å². The molecule has 0 unspecified atom stereocenters. The van der Waals surface area contributed by atoms with Gasteiger partial charge in [-0.2, -0.15) is 0 Å². The zero-order valence-electron chi connectivity index (χ0n) is 15.3. The number of aryl methyl sites for hydroxylation is 2. The summed E-state index contributed by atoms with van der Waals surface area (Å²) in [4.78, 5) is 28.7. The Bertz CT molecular complexity index is 759. The van der Waals surface area contributed by atoms with Crippen molar-refractivity contribution in [3.63, 3.8) is 0 Å². The number of pyridine rings is 1. The number of hydrogen-bond acceptors (Lipinski definition) is 4. The highest BCUT2D eigenvalue weighted by Crippen LogP contribution is 2.33. The van der Waals surface area contributed by atoms with Gasteiger partial charge in [-0.1, -0.05) is 27.7 Å². The number of furan rings is 1. The number of carbonyl (C=O) groups excluding carboxylic acids is 2. The van der Waals surface area contributed by atoms with Crippen LogP contribution in [0.5, 0.6) is 0 Å². The van der Waals surface area contributed by atoms with Crippen molar-refractivity contribution in [1.82, 2.24) is 10.3 Å². The molecule has 0 aromatic carbocycles. The number of carbonyl (C=O) groups is 2. The summed E-state index contributed by atoms with van der Waals surface area (Å²) >= 11 is 0. The topological polar surface area (TPSA) is 84.2 Å². The first-order valence-electron chi connectivity index (χ1n) is 8.34. The molecule has 2 heterocycles. The molecule has 0 aliphatic rings. The molecule has 2 rings (SSSR count). The SMILES string of the molecule is CCc1ccc([C@H](NC(=O)C(=O)Nc2cccnc2C)C(C)(C)C)o1. The monoisotopic (exact) mass is 343 g/mol. The van der Waals surface area contributed by atoms with Gasteiger partial charge in [0.15, 0.2) is 0 Å². The average molecular weight is 343 g/mol. The van der Waals surface area contributed by atoms with Crippen molar-refractivity contribution in [3.8, 4) is 0 Å². The predicted molar refractivity (Wildman–Crippen MR) is 96.0 cm³/mol. The van der Waals surface area contributed by atoms with Crippen molar-refractivity contribution >= 4 is 17.5 Å². The van der Waals surface area contributed by atoms with Crippen LogP contribution in [0.15, 0.2) is 34.9 Å². The quantitative estimate of drug-likeness (QED) is 0.834. The molecule has 2 aromatic rings. The fourth-order valence-electron chi connectivity index (χ4n) is 2.45. The second-order valence-electron chi connectivity index (χ2n) is 7.02. The lowest BCUT2D eigenvalue weighted by Gasteiger charge is -2.29. The molecule has 6 heteroatoms. The predicted octanol–water partition coefficient (Wildman–Crippen LogP) is 3.39. The van der Waals surface area contributed by atoms with E-state index in [0.29, 0.717) is 17.1 Å².